The Hall–Kier alpha value is -0.610. The quantitative estimate of drug-likeness (QED) is 0.765. The molecule has 0 bridgehead atoms. The van der Waals surface area contributed by atoms with Crippen LogP contribution in [0.2, 0.25) is 0 Å². The lowest BCUT2D eigenvalue weighted by molar-refractivity contribution is -0.135. The highest BCUT2D eigenvalue weighted by atomic mass is 16.5. The molecule has 1 aliphatic rings. The molecule has 17 heavy (non-hydrogen) atoms. The number of likely N-dealkylation sites (tertiary alicyclic amines) is 1. The Labute approximate surface area is 104 Å². The Morgan fingerprint density at radius 3 is 2.76 bits per heavy atom. The van der Waals surface area contributed by atoms with Crippen molar-refractivity contribution in [2.24, 2.45) is 11.7 Å². The predicted molar refractivity (Wildman–Crippen MR) is 68.7 cm³/mol. The van der Waals surface area contributed by atoms with Gasteiger partial charge in [0.1, 0.15) is 0 Å². The summed E-state index contributed by atoms with van der Waals surface area (Å²) in [5.74, 6) is 0.731. The van der Waals surface area contributed by atoms with Crippen LogP contribution in [0, 0.1) is 5.92 Å². The summed E-state index contributed by atoms with van der Waals surface area (Å²) in [6.45, 7) is 8.21. The summed E-state index contributed by atoms with van der Waals surface area (Å²) >= 11 is 0. The SMILES string of the molecule is CCOC(CN)CC(=O)N1CCCC1C(C)C. The summed E-state index contributed by atoms with van der Waals surface area (Å²) in [5.41, 5.74) is 5.60. The number of amides is 1. The molecule has 0 saturated carbocycles. The van der Waals surface area contributed by atoms with Crippen molar-refractivity contribution in [2.75, 3.05) is 19.7 Å². The second-order valence-corrected chi connectivity index (χ2v) is 5.06. The van der Waals surface area contributed by atoms with Gasteiger partial charge in [-0.2, -0.15) is 0 Å². The third-order valence-electron chi connectivity index (χ3n) is 3.46. The maximum Gasteiger partial charge on any atom is 0.225 e. The summed E-state index contributed by atoms with van der Waals surface area (Å²) in [6.07, 6.45) is 2.55. The fourth-order valence-electron chi connectivity index (χ4n) is 2.55. The maximum absolute atomic E-state index is 12.2. The second kappa shape index (κ2) is 6.97. The molecule has 1 rings (SSSR count). The van der Waals surface area contributed by atoms with E-state index in [1.807, 2.05) is 11.8 Å². The van der Waals surface area contributed by atoms with E-state index in [4.69, 9.17) is 10.5 Å². The van der Waals surface area contributed by atoms with Crippen LogP contribution in [-0.2, 0) is 9.53 Å². The standard InChI is InChI=1S/C13H26N2O2/c1-4-17-11(9-14)8-13(16)15-7-5-6-12(15)10(2)3/h10-12H,4-9,14H2,1-3H3. The van der Waals surface area contributed by atoms with Gasteiger partial charge in [-0.3, -0.25) is 4.79 Å². The number of ether oxygens (including phenoxy) is 1. The molecule has 4 nitrogen and oxygen atoms in total. The van der Waals surface area contributed by atoms with Gasteiger partial charge in [0.05, 0.1) is 12.5 Å². The van der Waals surface area contributed by atoms with Crippen LogP contribution in [0.5, 0.6) is 0 Å². The lowest BCUT2D eigenvalue weighted by Crippen LogP contribution is -2.41. The number of carbonyl (C=O) groups is 1. The molecule has 1 saturated heterocycles. The molecule has 2 unspecified atom stereocenters. The number of carbonyl (C=O) groups excluding carboxylic acids is 1. The number of nitrogens with zero attached hydrogens (tertiary/aromatic N) is 1. The van der Waals surface area contributed by atoms with E-state index in [2.05, 4.69) is 13.8 Å². The normalized spacial score (nSPS) is 22.2. The van der Waals surface area contributed by atoms with E-state index in [1.165, 1.54) is 0 Å². The molecule has 2 N–H and O–H groups in total. The van der Waals surface area contributed by atoms with Gasteiger partial charge in [-0.05, 0) is 25.7 Å². The first kappa shape index (κ1) is 14.5. The Morgan fingerprint density at radius 2 is 2.24 bits per heavy atom. The van der Waals surface area contributed by atoms with Gasteiger partial charge < -0.3 is 15.4 Å². The van der Waals surface area contributed by atoms with E-state index in [-0.39, 0.29) is 12.0 Å². The first-order valence-corrected chi connectivity index (χ1v) is 6.71. The number of nitrogens with two attached hydrogens (primary N) is 1. The Kier molecular flexibility index (Phi) is 5.92. The van der Waals surface area contributed by atoms with Crippen LogP contribution in [0.1, 0.15) is 40.0 Å². The largest absolute Gasteiger partial charge is 0.377 e. The smallest absolute Gasteiger partial charge is 0.225 e. The maximum atomic E-state index is 12.2. The number of hydrogen-bond donors (Lipinski definition) is 1. The summed E-state index contributed by atoms with van der Waals surface area (Å²) < 4.78 is 5.44. The van der Waals surface area contributed by atoms with Crippen LogP contribution in [0.15, 0.2) is 0 Å². The molecule has 4 heteroatoms. The molecule has 1 amide bonds. The number of hydrogen-bond acceptors (Lipinski definition) is 3. The Bertz CT molecular complexity index is 244. The zero-order valence-corrected chi connectivity index (χ0v) is 11.3. The van der Waals surface area contributed by atoms with Gasteiger partial charge in [0.25, 0.3) is 0 Å². The summed E-state index contributed by atoms with van der Waals surface area (Å²) in [7, 11) is 0. The predicted octanol–water partition coefficient (Wildman–Crippen LogP) is 1.39. The zero-order chi connectivity index (χ0) is 12.8. The monoisotopic (exact) mass is 242 g/mol. The van der Waals surface area contributed by atoms with E-state index in [1.54, 1.807) is 0 Å². The minimum atomic E-state index is -0.124. The third-order valence-corrected chi connectivity index (χ3v) is 3.46. The van der Waals surface area contributed by atoms with Crippen molar-refractivity contribution in [1.29, 1.82) is 0 Å². The molecule has 1 fully saturated rings. The summed E-state index contributed by atoms with van der Waals surface area (Å²) in [6, 6.07) is 0.405. The molecule has 0 spiro atoms. The van der Waals surface area contributed by atoms with Crippen LogP contribution in [0.3, 0.4) is 0 Å². The molecular weight excluding hydrogens is 216 g/mol. The molecule has 0 aromatic carbocycles. The van der Waals surface area contributed by atoms with Crippen molar-refractivity contribution in [3.05, 3.63) is 0 Å². The van der Waals surface area contributed by atoms with Gasteiger partial charge in [0.2, 0.25) is 5.91 Å². The van der Waals surface area contributed by atoms with Crippen molar-refractivity contribution in [1.82, 2.24) is 4.90 Å². The molecular formula is C13H26N2O2. The Morgan fingerprint density at radius 1 is 1.53 bits per heavy atom. The van der Waals surface area contributed by atoms with Crippen LogP contribution in [-0.4, -0.2) is 42.6 Å². The minimum absolute atomic E-state index is 0.124. The van der Waals surface area contributed by atoms with Gasteiger partial charge in [-0.15, -0.1) is 0 Å². The molecule has 100 valence electrons. The third kappa shape index (κ3) is 3.96. The van der Waals surface area contributed by atoms with Crippen LogP contribution < -0.4 is 5.73 Å². The van der Waals surface area contributed by atoms with Gasteiger partial charge in [0.15, 0.2) is 0 Å². The molecule has 1 heterocycles. The van der Waals surface area contributed by atoms with Crippen molar-refractivity contribution in [3.63, 3.8) is 0 Å². The average Bonchev–Trinajstić information content (AvgIpc) is 2.77. The molecule has 0 aromatic rings. The van der Waals surface area contributed by atoms with Crippen LogP contribution in [0.4, 0.5) is 0 Å². The Balaban J connectivity index is 2.51. The highest BCUT2D eigenvalue weighted by Crippen LogP contribution is 2.24. The topological polar surface area (TPSA) is 55.6 Å². The van der Waals surface area contributed by atoms with Gasteiger partial charge in [-0.1, -0.05) is 13.8 Å². The lowest BCUT2D eigenvalue weighted by Gasteiger charge is -2.29. The minimum Gasteiger partial charge on any atom is -0.377 e. The van der Waals surface area contributed by atoms with E-state index in [9.17, 15) is 4.79 Å². The molecule has 0 radical (unpaired) electrons. The van der Waals surface area contributed by atoms with E-state index in [0.717, 1.165) is 19.4 Å². The fraction of sp³-hybridized carbons (Fsp3) is 0.923. The zero-order valence-electron chi connectivity index (χ0n) is 11.3. The van der Waals surface area contributed by atoms with Crippen molar-refractivity contribution in [2.45, 2.75) is 52.2 Å². The fourth-order valence-corrected chi connectivity index (χ4v) is 2.55. The van der Waals surface area contributed by atoms with Crippen molar-refractivity contribution < 1.29 is 9.53 Å². The highest BCUT2D eigenvalue weighted by molar-refractivity contribution is 5.77. The first-order chi connectivity index (χ1) is 8.10. The van der Waals surface area contributed by atoms with Crippen molar-refractivity contribution in [3.8, 4) is 0 Å². The van der Waals surface area contributed by atoms with Gasteiger partial charge in [-0.25, -0.2) is 0 Å². The first-order valence-electron chi connectivity index (χ1n) is 6.71. The molecule has 0 aliphatic carbocycles. The van der Waals surface area contributed by atoms with Gasteiger partial charge >= 0.3 is 0 Å². The molecule has 2 atom stereocenters. The lowest BCUT2D eigenvalue weighted by atomic mass is 10.0. The average molecular weight is 242 g/mol. The van der Waals surface area contributed by atoms with Crippen LogP contribution >= 0.6 is 0 Å². The van der Waals surface area contributed by atoms with Crippen molar-refractivity contribution >= 4 is 5.91 Å². The van der Waals surface area contributed by atoms with E-state index < -0.39 is 0 Å². The van der Waals surface area contributed by atoms with E-state index >= 15 is 0 Å². The summed E-state index contributed by atoms with van der Waals surface area (Å²) in [4.78, 5) is 14.2. The van der Waals surface area contributed by atoms with E-state index in [0.29, 0.717) is 31.5 Å². The van der Waals surface area contributed by atoms with Gasteiger partial charge in [0, 0.05) is 25.7 Å². The van der Waals surface area contributed by atoms with Crippen LogP contribution in [0.25, 0.3) is 0 Å². The highest BCUT2D eigenvalue weighted by Gasteiger charge is 2.31. The molecule has 0 aromatic heterocycles. The second-order valence-electron chi connectivity index (χ2n) is 5.06. The summed E-state index contributed by atoms with van der Waals surface area (Å²) in [5, 5.41) is 0. The number of rotatable bonds is 6. The molecule has 1 aliphatic heterocycles.